The van der Waals surface area contributed by atoms with Gasteiger partial charge in [0.15, 0.2) is 0 Å². The van der Waals surface area contributed by atoms with E-state index >= 15 is 0 Å². The summed E-state index contributed by atoms with van der Waals surface area (Å²) in [5.41, 5.74) is 1.36. The van der Waals surface area contributed by atoms with E-state index in [0.717, 1.165) is 22.6 Å². The van der Waals surface area contributed by atoms with E-state index in [9.17, 15) is 0 Å². The van der Waals surface area contributed by atoms with Crippen molar-refractivity contribution in [1.29, 1.82) is 0 Å². The minimum Gasteiger partial charge on any atom is -0.365 e. The third-order valence-corrected chi connectivity index (χ3v) is 4.06. The van der Waals surface area contributed by atoms with E-state index in [1.807, 2.05) is 12.1 Å². The summed E-state index contributed by atoms with van der Waals surface area (Å²) < 4.78 is 1.06. The molecule has 94 valence electrons. The molecule has 0 amide bonds. The second kappa shape index (κ2) is 4.79. The van der Waals surface area contributed by atoms with Crippen LogP contribution in [0.5, 0.6) is 0 Å². The summed E-state index contributed by atoms with van der Waals surface area (Å²) in [7, 11) is 0. The molecule has 0 saturated carbocycles. The van der Waals surface area contributed by atoms with Crippen molar-refractivity contribution in [2.24, 2.45) is 0 Å². The Balaban J connectivity index is 2.31. The first-order chi connectivity index (χ1) is 7.89. The van der Waals surface area contributed by atoms with Crippen molar-refractivity contribution >= 4 is 33.2 Å². The summed E-state index contributed by atoms with van der Waals surface area (Å²) in [5, 5.41) is 4.32. The number of rotatable bonds is 1. The molecule has 1 N–H and O–H groups in total. The zero-order chi connectivity index (χ0) is 12.6. The van der Waals surface area contributed by atoms with Crippen LogP contribution in [0.25, 0.3) is 0 Å². The fourth-order valence-electron chi connectivity index (χ4n) is 2.21. The Morgan fingerprint density at radius 2 is 2.18 bits per heavy atom. The van der Waals surface area contributed by atoms with Gasteiger partial charge in [-0.05, 0) is 54.9 Å². The number of nitrogens with zero attached hydrogens (tertiary/aromatic N) is 1. The third-order valence-electron chi connectivity index (χ3n) is 3.19. The molecule has 1 heterocycles. The minimum atomic E-state index is 0.144. The molecule has 4 heteroatoms. The molecule has 1 atom stereocenters. The zero-order valence-electron chi connectivity index (χ0n) is 10.4. The number of benzene rings is 1. The molecule has 1 aromatic rings. The fourth-order valence-corrected chi connectivity index (χ4v) is 3.12. The van der Waals surface area contributed by atoms with Gasteiger partial charge in [0.25, 0.3) is 0 Å². The number of anilines is 1. The maximum atomic E-state index is 5.99. The molecule has 1 saturated heterocycles. The molecule has 17 heavy (non-hydrogen) atoms. The Morgan fingerprint density at radius 1 is 1.47 bits per heavy atom. The Morgan fingerprint density at radius 3 is 2.82 bits per heavy atom. The Kier molecular flexibility index (Phi) is 3.71. The van der Waals surface area contributed by atoms with Gasteiger partial charge in [0.05, 0.1) is 5.69 Å². The van der Waals surface area contributed by atoms with E-state index in [1.165, 1.54) is 5.69 Å². The molecule has 1 aliphatic heterocycles. The van der Waals surface area contributed by atoms with Crippen molar-refractivity contribution < 1.29 is 0 Å². The molecule has 2 nitrogen and oxygen atoms in total. The maximum absolute atomic E-state index is 5.99. The molecular weight excluding hydrogens is 300 g/mol. The monoisotopic (exact) mass is 316 g/mol. The van der Waals surface area contributed by atoms with Crippen LogP contribution in [-0.4, -0.2) is 24.7 Å². The van der Waals surface area contributed by atoms with Gasteiger partial charge in [0.1, 0.15) is 0 Å². The van der Waals surface area contributed by atoms with E-state index < -0.39 is 0 Å². The molecule has 1 aromatic carbocycles. The summed E-state index contributed by atoms with van der Waals surface area (Å²) in [5.74, 6) is 0. The lowest BCUT2D eigenvalue weighted by Gasteiger charge is -2.45. The largest absolute Gasteiger partial charge is 0.365 e. The van der Waals surface area contributed by atoms with Crippen LogP contribution >= 0.6 is 27.5 Å². The summed E-state index contributed by atoms with van der Waals surface area (Å²) >= 11 is 9.59. The van der Waals surface area contributed by atoms with Crippen LogP contribution in [-0.2, 0) is 0 Å². The molecule has 0 radical (unpaired) electrons. The number of nitrogens with one attached hydrogen (secondary N) is 1. The lowest BCUT2D eigenvalue weighted by Crippen LogP contribution is -2.61. The first kappa shape index (κ1) is 13.2. The van der Waals surface area contributed by atoms with Crippen LogP contribution in [0.1, 0.15) is 20.8 Å². The average Bonchev–Trinajstić information content (AvgIpc) is 2.22. The Labute approximate surface area is 116 Å². The number of hydrogen-bond donors (Lipinski definition) is 1. The standard InChI is InChI=1S/C13H18BrClN2/c1-9-7-16-13(2,3)8-17(9)12-5-4-10(15)6-11(12)14/h4-6,9,16H,7-8H2,1-3H3. The summed E-state index contributed by atoms with van der Waals surface area (Å²) in [6.45, 7) is 8.70. The summed E-state index contributed by atoms with van der Waals surface area (Å²) in [6.07, 6.45) is 0. The normalized spacial score (nSPS) is 23.8. The molecular formula is C13H18BrClN2. The fraction of sp³-hybridized carbons (Fsp3) is 0.538. The number of piperazine rings is 1. The smallest absolute Gasteiger partial charge is 0.0515 e. The van der Waals surface area contributed by atoms with Gasteiger partial charge in [-0.25, -0.2) is 0 Å². The van der Waals surface area contributed by atoms with Crippen molar-refractivity contribution in [3.05, 3.63) is 27.7 Å². The topological polar surface area (TPSA) is 15.3 Å². The van der Waals surface area contributed by atoms with Crippen LogP contribution in [0.3, 0.4) is 0 Å². The molecule has 1 unspecified atom stereocenters. The zero-order valence-corrected chi connectivity index (χ0v) is 12.8. The molecule has 2 rings (SSSR count). The quantitative estimate of drug-likeness (QED) is 0.850. The summed E-state index contributed by atoms with van der Waals surface area (Å²) in [6, 6.07) is 6.48. The molecule has 0 bridgehead atoms. The van der Waals surface area contributed by atoms with Crippen LogP contribution in [0.15, 0.2) is 22.7 Å². The van der Waals surface area contributed by atoms with Crippen molar-refractivity contribution in [2.75, 3.05) is 18.0 Å². The van der Waals surface area contributed by atoms with Crippen LogP contribution in [0.2, 0.25) is 5.02 Å². The third kappa shape index (κ3) is 2.95. The lowest BCUT2D eigenvalue weighted by molar-refractivity contribution is 0.318. The van der Waals surface area contributed by atoms with Gasteiger partial charge in [0.2, 0.25) is 0 Å². The van der Waals surface area contributed by atoms with Crippen LogP contribution in [0, 0.1) is 0 Å². The molecule has 1 aliphatic rings. The van der Waals surface area contributed by atoms with E-state index in [0.29, 0.717) is 6.04 Å². The predicted molar refractivity (Wildman–Crippen MR) is 78.0 cm³/mol. The molecule has 0 aromatic heterocycles. The van der Waals surface area contributed by atoms with Gasteiger partial charge in [-0.2, -0.15) is 0 Å². The SMILES string of the molecule is CC1CNC(C)(C)CN1c1ccc(Cl)cc1Br. The highest BCUT2D eigenvalue weighted by Crippen LogP contribution is 2.32. The van der Waals surface area contributed by atoms with E-state index in [2.05, 4.69) is 53.0 Å². The van der Waals surface area contributed by atoms with Gasteiger partial charge >= 0.3 is 0 Å². The highest BCUT2D eigenvalue weighted by molar-refractivity contribution is 9.10. The highest BCUT2D eigenvalue weighted by Gasteiger charge is 2.31. The van der Waals surface area contributed by atoms with Crippen molar-refractivity contribution in [2.45, 2.75) is 32.4 Å². The van der Waals surface area contributed by atoms with Gasteiger partial charge in [-0.3, -0.25) is 0 Å². The van der Waals surface area contributed by atoms with Gasteiger partial charge in [-0.1, -0.05) is 11.6 Å². The highest BCUT2D eigenvalue weighted by atomic mass is 79.9. The second-order valence-electron chi connectivity index (χ2n) is 5.34. The average molecular weight is 318 g/mol. The van der Waals surface area contributed by atoms with Gasteiger partial charge in [-0.15, -0.1) is 0 Å². The Hall–Kier alpha value is -0.250. The van der Waals surface area contributed by atoms with Crippen molar-refractivity contribution in [1.82, 2.24) is 5.32 Å². The number of halogens is 2. The van der Waals surface area contributed by atoms with E-state index in [-0.39, 0.29) is 5.54 Å². The van der Waals surface area contributed by atoms with Crippen LogP contribution < -0.4 is 10.2 Å². The van der Waals surface area contributed by atoms with Crippen molar-refractivity contribution in [3.63, 3.8) is 0 Å². The number of hydrogen-bond acceptors (Lipinski definition) is 2. The predicted octanol–water partition coefficient (Wildman–Crippen LogP) is 3.68. The van der Waals surface area contributed by atoms with Gasteiger partial charge < -0.3 is 10.2 Å². The maximum Gasteiger partial charge on any atom is 0.0515 e. The Bertz CT molecular complexity index is 420. The first-order valence-electron chi connectivity index (χ1n) is 5.86. The second-order valence-corrected chi connectivity index (χ2v) is 6.63. The molecule has 1 fully saturated rings. The van der Waals surface area contributed by atoms with Gasteiger partial charge in [0, 0.05) is 34.2 Å². The minimum absolute atomic E-state index is 0.144. The molecule has 0 aliphatic carbocycles. The van der Waals surface area contributed by atoms with E-state index in [1.54, 1.807) is 0 Å². The van der Waals surface area contributed by atoms with Crippen LogP contribution in [0.4, 0.5) is 5.69 Å². The first-order valence-corrected chi connectivity index (χ1v) is 7.03. The lowest BCUT2D eigenvalue weighted by atomic mass is 9.98. The molecule has 0 spiro atoms. The van der Waals surface area contributed by atoms with E-state index in [4.69, 9.17) is 11.6 Å². The van der Waals surface area contributed by atoms with Crippen molar-refractivity contribution in [3.8, 4) is 0 Å². The summed E-state index contributed by atoms with van der Waals surface area (Å²) in [4.78, 5) is 2.43.